The molecule has 0 fully saturated rings. The maximum absolute atomic E-state index is 10.9. The Hall–Kier alpha value is -1.08. The van der Waals surface area contributed by atoms with Crippen molar-refractivity contribution in [2.75, 3.05) is 0 Å². The minimum absolute atomic E-state index is 0.215. The lowest BCUT2D eigenvalue weighted by atomic mass is 10.2. The Labute approximate surface area is 116 Å². The number of carbonyl (C=O) groups is 1. The first-order valence-corrected chi connectivity index (χ1v) is 6.22. The highest BCUT2D eigenvalue weighted by Crippen LogP contribution is 2.16. The Morgan fingerprint density at radius 3 is 2.88 bits per heavy atom. The van der Waals surface area contributed by atoms with Crippen LogP contribution < -0.4 is 0 Å². The number of nitrogens with zero attached hydrogens (tertiary/aromatic N) is 2. The van der Waals surface area contributed by atoms with E-state index in [0.717, 1.165) is 5.56 Å². The minimum atomic E-state index is -0.966. The monoisotopic (exact) mass is 362 g/mol. The van der Waals surface area contributed by atoms with Crippen LogP contribution in [0.2, 0.25) is 5.02 Å². The molecule has 17 heavy (non-hydrogen) atoms. The molecule has 0 aliphatic carbocycles. The predicted octanol–water partition coefficient (Wildman–Crippen LogP) is 2.89. The van der Waals surface area contributed by atoms with E-state index in [1.54, 1.807) is 10.7 Å². The first-order chi connectivity index (χ1) is 8.08. The van der Waals surface area contributed by atoms with Crippen molar-refractivity contribution in [3.8, 4) is 0 Å². The third-order valence-electron chi connectivity index (χ3n) is 2.23. The number of carboxylic acids is 1. The van der Waals surface area contributed by atoms with Crippen LogP contribution in [-0.2, 0) is 6.54 Å². The van der Waals surface area contributed by atoms with E-state index < -0.39 is 5.97 Å². The molecule has 0 aliphatic rings. The van der Waals surface area contributed by atoms with Crippen LogP contribution in [0.15, 0.2) is 30.5 Å². The van der Waals surface area contributed by atoms with Gasteiger partial charge in [-0.25, -0.2) is 4.79 Å². The molecule has 0 spiro atoms. The summed E-state index contributed by atoms with van der Waals surface area (Å²) in [6.07, 6.45) is 1.36. The summed E-state index contributed by atoms with van der Waals surface area (Å²) in [5.41, 5.74) is 1.20. The van der Waals surface area contributed by atoms with Gasteiger partial charge in [0.1, 0.15) is 9.26 Å². The van der Waals surface area contributed by atoms with E-state index in [0.29, 0.717) is 15.3 Å². The molecule has 88 valence electrons. The van der Waals surface area contributed by atoms with Crippen molar-refractivity contribution in [2.24, 2.45) is 0 Å². The van der Waals surface area contributed by atoms with Crippen LogP contribution in [-0.4, -0.2) is 20.9 Å². The molecule has 2 rings (SSSR count). The molecular formula is C11H8ClIN2O2. The predicted molar refractivity (Wildman–Crippen MR) is 72.5 cm³/mol. The lowest BCUT2D eigenvalue weighted by Gasteiger charge is -2.04. The molecule has 2 aromatic rings. The van der Waals surface area contributed by atoms with Gasteiger partial charge in [0, 0.05) is 5.02 Å². The normalized spacial score (nSPS) is 10.5. The van der Waals surface area contributed by atoms with Gasteiger partial charge in [0.05, 0.1) is 12.7 Å². The molecule has 1 N–H and O–H groups in total. The third kappa shape index (κ3) is 2.78. The van der Waals surface area contributed by atoms with Crippen molar-refractivity contribution in [3.05, 3.63) is 50.3 Å². The van der Waals surface area contributed by atoms with Gasteiger partial charge >= 0.3 is 5.97 Å². The van der Waals surface area contributed by atoms with Gasteiger partial charge in [0.25, 0.3) is 0 Å². The zero-order chi connectivity index (χ0) is 12.4. The van der Waals surface area contributed by atoms with Crippen molar-refractivity contribution in [3.63, 3.8) is 0 Å². The molecule has 0 radical (unpaired) electrons. The lowest BCUT2D eigenvalue weighted by molar-refractivity contribution is 0.0695. The second-order valence-electron chi connectivity index (χ2n) is 3.44. The van der Waals surface area contributed by atoms with E-state index in [2.05, 4.69) is 5.10 Å². The van der Waals surface area contributed by atoms with Gasteiger partial charge in [-0.2, -0.15) is 5.10 Å². The maximum atomic E-state index is 10.9. The van der Waals surface area contributed by atoms with Gasteiger partial charge in [-0.05, 0) is 40.3 Å². The molecule has 0 unspecified atom stereocenters. The second-order valence-corrected chi connectivity index (χ2v) is 4.90. The average molecular weight is 363 g/mol. The molecule has 0 amide bonds. The van der Waals surface area contributed by atoms with Gasteiger partial charge in [-0.15, -0.1) is 0 Å². The van der Waals surface area contributed by atoms with E-state index in [9.17, 15) is 4.79 Å². The third-order valence-corrected chi connectivity index (χ3v) is 3.60. The largest absolute Gasteiger partial charge is 0.478 e. The van der Waals surface area contributed by atoms with Crippen LogP contribution in [0, 0.1) is 3.70 Å². The first-order valence-electron chi connectivity index (χ1n) is 4.77. The summed E-state index contributed by atoms with van der Waals surface area (Å²) in [6, 6.07) is 7.40. The summed E-state index contributed by atoms with van der Waals surface area (Å²) in [6.45, 7) is 0.506. The highest BCUT2D eigenvalue weighted by atomic mass is 127. The van der Waals surface area contributed by atoms with E-state index in [-0.39, 0.29) is 5.56 Å². The molecule has 6 heteroatoms. The molecule has 0 saturated heterocycles. The Morgan fingerprint density at radius 1 is 1.53 bits per heavy atom. The number of hydrogen-bond donors (Lipinski definition) is 1. The Bertz CT molecular complexity index is 568. The zero-order valence-corrected chi connectivity index (χ0v) is 11.5. The van der Waals surface area contributed by atoms with E-state index >= 15 is 0 Å². The van der Waals surface area contributed by atoms with Crippen LogP contribution in [0.25, 0.3) is 0 Å². The number of aromatic nitrogens is 2. The molecule has 0 aliphatic heterocycles. The van der Waals surface area contributed by atoms with Crippen molar-refractivity contribution in [2.45, 2.75) is 6.54 Å². The van der Waals surface area contributed by atoms with Crippen LogP contribution in [0.3, 0.4) is 0 Å². The molecule has 1 aromatic carbocycles. The summed E-state index contributed by atoms with van der Waals surface area (Å²) in [5, 5.41) is 13.6. The average Bonchev–Trinajstić information content (AvgIpc) is 2.61. The van der Waals surface area contributed by atoms with E-state index in [1.807, 2.05) is 40.8 Å². The zero-order valence-electron chi connectivity index (χ0n) is 8.60. The number of halogens is 2. The molecule has 0 atom stereocenters. The van der Waals surface area contributed by atoms with E-state index in [4.69, 9.17) is 16.7 Å². The first kappa shape index (κ1) is 12.4. The van der Waals surface area contributed by atoms with Crippen molar-refractivity contribution >= 4 is 40.2 Å². The summed E-state index contributed by atoms with van der Waals surface area (Å²) in [5.74, 6) is -0.966. The standard InChI is InChI=1S/C11H8ClIN2O2/c12-8-3-1-2-7(4-8)6-15-10(13)9(5-14-15)11(16)17/h1-5H,6H2,(H,16,17). The van der Waals surface area contributed by atoms with Gasteiger partial charge < -0.3 is 5.11 Å². The summed E-state index contributed by atoms with van der Waals surface area (Å²) in [4.78, 5) is 10.9. The minimum Gasteiger partial charge on any atom is -0.478 e. The fourth-order valence-electron chi connectivity index (χ4n) is 1.43. The van der Waals surface area contributed by atoms with Gasteiger partial charge in [-0.3, -0.25) is 4.68 Å². The summed E-state index contributed by atoms with van der Waals surface area (Å²) in [7, 11) is 0. The number of rotatable bonds is 3. The molecule has 4 nitrogen and oxygen atoms in total. The van der Waals surface area contributed by atoms with E-state index in [1.165, 1.54) is 6.20 Å². The van der Waals surface area contributed by atoms with Crippen LogP contribution >= 0.6 is 34.2 Å². The Morgan fingerprint density at radius 2 is 2.29 bits per heavy atom. The lowest BCUT2D eigenvalue weighted by Crippen LogP contribution is -2.05. The summed E-state index contributed by atoms with van der Waals surface area (Å²) >= 11 is 7.85. The highest BCUT2D eigenvalue weighted by Gasteiger charge is 2.14. The van der Waals surface area contributed by atoms with Crippen molar-refractivity contribution in [1.82, 2.24) is 9.78 Å². The number of aromatic carboxylic acids is 1. The SMILES string of the molecule is O=C(O)c1cnn(Cc2cccc(Cl)c2)c1I. The van der Waals surface area contributed by atoms with Crippen LogP contribution in [0.5, 0.6) is 0 Å². The highest BCUT2D eigenvalue weighted by molar-refractivity contribution is 14.1. The Kier molecular flexibility index (Phi) is 3.68. The fourth-order valence-corrected chi connectivity index (χ4v) is 2.31. The smallest absolute Gasteiger partial charge is 0.340 e. The molecular weight excluding hydrogens is 354 g/mol. The number of benzene rings is 1. The maximum Gasteiger partial charge on any atom is 0.340 e. The van der Waals surface area contributed by atoms with Crippen molar-refractivity contribution < 1.29 is 9.90 Å². The van der Waals surface area contributed by atoms with Crippen molar-refractivity contribution in [1.29, 1.82) is 0 Å². The molecule has 0 bridgehead atoms. The molecule has 1 heterocycles. The fraction of sp³-hybridized carbons (Fsp3) is 0.0909. The topological polar surface area (TPSA) is 55.1 Å². The quantitative estimate of drug-likeness (QED) is 0.854. The van der Waals surface area contributed by atoms with Gasteiger partial charge in [-0.1, -0.05) is 23.7 Å². The number of hydrogen-bond acceptors (Lipinski definition) is 2. The summed E-state index contributed by atoms with van der Waals surface area (Å²) < 4.78 is 2.24. The Balaban J connectivity index is 2.28. The molecule has 0 saturated carbocycles. The molecule has 1 aromatic heterocycles. The number of carboxylic acid groups (broad SMARTS) is 1. The van der Waals surface area contributed by atoms with Gasteiger partial charge in [0.2, 0.25) is 0 Å². The second kappa shape index (κ2) is 5.05. The van der Waals surface area contributed by atoms with Gasteiger partial charge in [0.15, 0.2) is 0 Å². The van der Waals surface area contributed by atoms with Crippen LogP contribution in [0.1, 0.15) is 15.9 Å². The van der Waals surface area contributed by atoms with Crippen LogP contribution in [0.4, 0.5) is 0 Å².